The molecule has 0 spiro atoms. The number of nitrogen functional groups attached to an aromatic ring is 1. The summed E-state index contributed by atoms with van der Waals surface area (Å²) < 4.78 is 0. The van der Waals surface area contributed by atoms with Gasteiger partial charge in [0.1, 0.15) is 10.9 Å². The average Bonchev–Trinajstić information content (AvgIpc) is 2.83. The van der Waals surface area contributed by atoms with Crippen molar-refractivity contribution >= 4 is 22.0 Å². The molecule has 4 nitrogen and oxygen atoms in total. The molecule has 1 aliphatic rings. The van der Waals surface area contributed by atoms with E-state index in [1.807, 2.05) is 6.07 Å². The van der Waals surface area contributed by atoms with Crippen LogP contribution in [0.15, 0.2) is 6.07 Å². The van der Waals surface area contributed by atoms with Crippen molar-refractivity contribution in [3.63, 3.8) is 0 Å². The van der Waals surface area contributed by atoms with Crippen LogP contribution in [0.3, 0.4) is 0 Å². The summed E-state index contributed by atoms with van der Waals surface area (Å²) in [5.74, 6) is 0. The van der Waals surface area contributed by atoms with Crippen LogP contribution in [-0.4, -0.2) is 38.1 Å². The van der Waals surface area contributed by atoms with Crippen LogP contribution >= 0.6 is 11.3 Å². The van der Waals surface area contributed by atoms with Gasteiger partial charge < -0.3 is 15.5 Å². The van der Waals surface area contributed by atoms with Crippen molar-refractivity contribution in [2.75, 3.05) is 37.8 Å². The van der Waals surface area contributed by atoms with Crippen molar-refractivity contribution < 1.29 is 0 Å². The predicted octanol–water partition coefficient (Wildman–Crippen LogP) is 1.73. The van der Waals surface area contributed by atoms with Crippen molar-refractivity contribution in [2.45, 2.75) is 18.9 Å². The molecule has 2 N–H and O–H groups in total. The van der Waals surface area contributed by atoms with E-state index in [9.17, 15) is 0 Å². The highest BCUT2D eigenvalue weighted by atomic mass is 32.1. The Labute approximate surface area is 106 Å². The summed E-state index contributed by atoms with van der Waals surface area (Å²) in [5, 5.41) is 10.1. The lowest BCUT2D eigenvalue weighted by Crippen LogP contribution is -2.37. The number of hydrogen-bond acceptors (Lipinski definition) is 5. The van der Waals surface area contributed by atoms with Gasteiger partial charge >= 0.3 is 0 Å². The molecular weight excluding hydrogens is 232 g/mol. The third-order valence-corrected chi connectivity index (χ3v) is 4.18. The molecule has 1 fully saturated rings. The fourth-order valence-electron chi connectivity index (χ4n) is 2.36. The van der Waals surface area contributed by atoms with E-state index in [-0.39, 0.29) is 0 Å². The van der Waals surface area contributed by atoms with Gasteiger partial charge in [-0.15, -0.1) is 11.3 Å². The fraction of sp³-hybridized carbons (Fsp3) is 0.583. The smallest absolute Gasteiger partial charge is 0.129 e. The van der Waals surface area contributed by atoms with E-state index in [4.69, 9.17) is 11.0 Å². The first kappa shape index (κ1) is 12.2. The van der Waals surface area contributed by atoms with Crippen LogP contribution in [0.1, 0.15) is 17.7 Å². The van der Waals surface area contributed by atoms with E-state index in [0.717, 1.165) is 18.1 Å². The van der Waals surface area contributed by atoms with E-state index in [2.05, 4.69) is 30.0 Å². The minimum atomic E-state index is 0.551. The summed E-state index contributed by atoms with van der Waals surface area (Å²) >= 11 is 1.51. The Bertz CT molecular complexity index is 432. The Morgan fingerprint density at radius 3 is 3.00 bits per heavy atom. The molecule has 1 aromatic rings. The first-order valence-corrected chi connectivity index (χ1v) is 6.64. The predicted molar refractivity (Wildman–Crippen MR) is 72.4 cm³/mol. The third kappa shape index (κ3) is 2.54. The summed E-state index contributed by atoms with van der Waals surface area (Å²) in [5.41, 5.74) is 6.43. The van der Waals surface area contributed by atoms with Crippen molar-refractivity contribution in [3.05, 3.63) is 10.9 Å². The SMILES string of the molecule is CN(C)CC1CCCN1c1cc(N)c(C#N)s1. The standard InChI is InChI=1S/C12H18N4S/c1-15(2)8-9-4-3-5-16(9)12-6-10(14)11(7-13)17-12/h6,9H,3-5,8,14H2,1-2H3. The molecule has 0 radical (unpaired) electrons. The van der Waals surface area contributed by atoms with E-state index >= 15 is 0 Å². The number of nitrogens with two attached hydrogens (primary N) is 1. The Hall–Kier alpha value is -1.25. The fourth-order valence-corrected chi connectivity index (χ4v) is 3.33. The normalized spacial score (nSPS) is 19.9. The molecule has 5 heteroatoms. The van der Waals surface area contributed by atoms with Gasteiger partial charge in [-0.3, -0.25) is 0 Å². The zero-order valence-electron chi connectivity index (χ0n) is 10.3. The number of nitrogens with zero attached hydrogens (tertiary/aromatic N) is 3. The zero-order chi connectivity index (χ0) is 12.4. The number of hydrogen-bond donors (Lipinski definition) is 1. The van der Waals surface area contributed by atoms with Gasteiger partial charge in [0.25, 0.3) is 0 Å². The Kier molecular flexibility index (Phi) is 3.55. The molecule has 1 unspecified atom stereocenters. The molecule has 17 heavy (non-hydrogen) atoms. The second kappa shape index (κ2) is 4.94. The van der Waals surface area contributed by atoms with Crippen LogP contribution in [0.2, 0.25) is 0 Å². The van der Waals surface area contributed by atoms with Crippen molar-refractivity contribution in [1.29, 1.82) is 5.26 Å². The molecular formula is C12H18N4S. The zero-order valence-corrected chi connectivity index (χ0v) is 11.1. The monoisotopic (exact) mass is 250 g/mol. The minimum absolute atomic E-state index is 0.551. The van der Waals surface area contributed by atoms with Gasteiger partial charge in [0, 0.05) is 19.1 Å². The van der Waals surface area contributed by atoms with E-state index in [0.29, 0.717) is 16.6 Å². The molecule has 1 aliphatic heterocycles. The summed E-state index contributed by atoms with van der Waals surface area (Å²) in [6, 6.07) is 4.64. The molecule has 0 aliphatic carbocycles. The third-order valence-electron chi connectivity index (χ3n) is 3.09. The number of rotatable bonds is 3. The van der Waals surface area contributed by atoms with E-state index < -0.39 is 0 Å². The molecule has 92 valence electrons. The topological polar surface area (TPSA) is 56.3 Å². The van der Waals surface area contributed by atoms with Gasteiger partial charge in [-0.2, -0.15) is 5.26 Å². The summed E-state index contributed by atoms with van der Waals surface area (Å²) in [7, 11) is 4.19. The van der Waals surface area contributed by atoms with Gasteiger partial charge in [-0.1, -0.05) is 0 Å². The van der Waals surface area contributed by atoms with Crippen LogP contribution in [0, 0.1) is 11.3 Å². The summed E-state index contributed by atoms with van der Waals surface area (Å²) in [6.07, 6.45) is 2.44. The molecule has 1 atom stereocenters. The minimum Gasteiger partial charge on any atom is -0.397 e. The first-order chi connectivity index (χ1) is 8.11. The van der Waals surface area contributed by atoms with E-state index in [1.165, 1.54) is 24.2 Å². The number of nitriles is 1. The quantitative estimate of drug-likeness (QED) is 0.887. The van der Waals surface area contributed by atoms with Crippen LogP contribution < -0.4 is 10.6 Å². The van der Waals surface area contributed by atoms with Crippen molar-refractivity contribution in [1.82, 2.24) is 4.90 Å². The summed E-state index contributed by atoms with van der Waals surface area (Å²) in [6.45, 7) is 2.13. The highest BCUT2D eigenvalue weighted by Gasteiger charge is 2.26. The molecule has 2 heterocycles. The van der Waals surface area contributed by atoms with Gasteiger partial charge in [0.2, 0.25) is 0 Å². The first-order valence-electron chi connectivity index (χ1n) is 5.82. The lowest BCUT2D eigenvalue weighted by Gasteiger charge is -2.27. The molecule has 1 saturated heterocycles. The lowest BCUT2D eigenvalue weighted by molar-refractivity contribution is 0.372. The molecule has 0 amide bonds. The van der Waals surface area contributed by atoms with Crippen molar-refractivity contribution in [2.24, 2.45) is 0 Å². The van der Waals surface area contributed by atoms with Gasteiger partial charge in [0.05, 0.1) is 10.7 Å². The highest BCUT2D eigenvalue weighted by Crippen LogP contribution is 2.35. The molecule has 1 aromatic heterocycles. The second-order valence-corrected chi connectivity index (χ2v) is 5.76. The Morgan fingerprint density at radius 1 is 1.65 bits per heavy atom. The largest absolute Gasteiger partial charge is 0.397 e. The van der Waals surface area contributed by atoms with Gasteiger partial charge in [-0.05, 0) is 33.0 Å². The Balaban J connectivity index is 2.17. The maximum Gasteiger partial charge on any atom is 0.129 e. The average molecular weight is 250 g/mol. The van der Waals surface area contributed by atoms with Gasteiger partial charge in [0.15, 0.2) is 0 Å². The summed E-state index contributed by atoms with van der Waals surface area (Å²) in [4.78, 5) is 5.24. The molecule has 0 bridgehead atoms. The maximum atomic E-state index is 8.94. The molecule has 0 saturated carbocycles. The lowest BCUT2D eigenvalue weighted by atomic mass is 10.2. The maximum absolute atomic E-state index is 8.94. The molecule has 0 aromatic carbocycles. The van der Waals surface area contributed by atoms with Crippen LogP contribution in [0.25, 0.3) is 0 Å². The van der Waals surface area contributed by atoms with Crippen molar-refractivity contribution in [3.8, 4) is 6.07 Å². The van der Waals surface area contributed by atoms with Crippen LogP contribution in [-0.2, 0) is 0 Å². The Morgan fingerprint density at radius 2 is 2.41 bits per heavy atom. The van der Waals surface area contributed by atoms with Crippen LogP contribution in [0.5, 0.6) is 0 Å². The van der Waals surface area contributed by atoms with Gasteiger partial charge in [-0.25, -0.2) is 0 Å². The number of likely N-dealkylation sites (N-methyl/N-ethyl adjacent to an activating group) is 1. The molecule has 2 rings (SSSR count). The second-order valence-electron chi connectivity index (χ2n) is 4.73. The number of thiophene rings is 1. The van der Waals surface area contributed by atoms with Crippen LogP contribution in [0.4, 0.5) is 10.7 Å². The highest BCUT2D eigenvalue weighted by molar-refractivity contribution is 7.17. The van der Waals surface area contributed by atoms with E-state index in [1.54, 1.807) is 0 Å². The number of anilines is 2.